The molecule has 0 aliphatic heterocycles. The molecule has 2 rings (SSSR count). The molecule has 0 spiro atoms. The summed E-state index contributed by atoms with van der Waals surface area (Å²) >= 11 is 17.9. The van der Waals surface area contributed by atoms with E-state index in [2.05, 4.69) is 4.98 Å². The maximum atomic E-state index is 13.5. The Kier molecular flexibility index (Phi) is 4.48. The van der Waals surface area contributed by atoms with Gasteiger partial charge in [-0.25, -0.2) is 4.39 Å². The summed E-state index contributed by atoms with van der Waals surface area (Å²) in [6.07, 6.45) is 0.492. The lowest BCUT2D eigenvalue weighted by molar-refractivity contribution is -0.136. The first-order valence-electron chi connectivity index (χ1n) is 5.39. The summed E-state index contributed by atoms with van der Waals surface area (Å²) in [5.41, 5.74) is 0.725. The molecule has 0 bridgehead atoms. The van der Waals surface area contributed by atoms with Gasteiger partial charge in [-0.3, -0.25) is 9.78 Å². The number of hydrogen-bond donors (Lipinski definition) is 1. The quantitative estimate of drug-likeness (QED) is 0.842. The Morgan fingerprint density at radius 3 is 2.60 bits per heavy atom. The third kappa shape index (κ3) is 3.20. The highest BCUT2D eigenvalue weighted by Gasteiger charge is 2.14. The summed E-state index contributed by atoms with van der Waals surface area (Å²) in [5.74, 6) is -1.84. The Bertz CT molecular complexity index is 692. The molecule has 20 heavy (non-hydrogen) atoms. The van der Waals surface area contributed by atoms with E-state index in [-0.39, 0.29) is 15.6 Å². The maximum Gasteiger partial charge on any atom is 0.307 e. The second-order valence-corrected chi connectivity index (χ2v) is 5.20. The fourth-order valence-electron chi connectivity index (χ4n) is 1.67. The normalized spacial score (nSPS) is 10.6. The highest BCUT2D eigenvalue weighted by Crippen LogP contribution is 2.36. The highest BCUT2D eigenvalue weighted by molar-refractivity contribution is 6.45. The van der Waals surface area contributed by atoms with Crippen LogP contribution in [-0.2, 0) is 11.2 Å². The van der Waals surface area contributed by atoms with E-state index in [1.165, 1.54) is 18.2 Å². The van der Waals surface area contributed by atoms with E-state index in [1.54, 1.807) is 0 Å². The smallest absolute Gasteiger partial charge is 0.307 e. The molecule has 1 aromatic carbocycles. The van der Waals surface area contributed by atoms with Gasteiger partial charge in [-0.2, -0.15) is 0 Å². The number of halogens is 4. The topological polar surface area (TPSA) is 50.2 Å². The maximum absolute atomic E-state index is 13.5. The van der Waals surface area contributed by atoms with Gasteiger partial charge in [0.15, 0.2) is 0 Å². The molecule has 1 aromatic heterocycles. The van der Waals surface area contributed by atoms with Crippen LogP contribution in [0.2, 0.25) is 15.1 Å². The summed E-state index contributed by atoms with van der Waals surface area (Å²) in [5, 5.41) is 9.54. The number of pyridine rings is 1. The molecule has 0 atom stereocenters. The minimum absolute atomic E-state index is 0.00895. The predicted octanol–water partition coefficient (Wildman–Crippen LogP) is 4.48. The van der Waals surface area contributed by atoms with Crippen molar-refractivity contribution in [2.24, 2.45) is 0 Å². The van der Waals surface area contributed by atoms with Gasteiger partial charge in [-0.1, -0.05) is 34.8 Å². The standard InChI is InChI=1S/C13H7Cl3FNO2/c14-7-3-8(13(16)9(15)4-7)11-1-6(2-12(19)20)10(17)5-18-11/h1,3-5H,2H2,(H,19,20). The first-order chi connectivity index (χ1) is 9.38. The first kappa shape index (κ1) is 15.0. The zero-order valence-electron chi connectivity index (χ0n) is 9.83. The van der Waals surface area contributed by atoms with Gasteiger partial charge in [0.05, 0.1) is 28.4 Å². The third-order valence-electron chi connectivity index (χ3n) is 2.55. The molecule has 2 aromatic rings. The molecule has 0 radical (unpaired) electrons. The number of nitrogens with zero attached hydrogens (tertiary/aromatic N) is 1. The molecule has 0 saturated heterocycles. The summed E-state index contributed by atoms with van der Waals surface area (Å²) in [6.45, 7) is 0. The first-order valence-corrected chi connectivity index (χ1v) is 6.53. The van der Waals surface area contributed by atoms with Crippen LogP contribution in [0.4, 0.5) is 4.39 Å². The van der Waals surface area contributed by atoms with Gasteiger partial charge in [-0.15, -0.1) is 0 Å². The molecule has 0 unspecified atom stereocenters. The lowest BCUT2D eigenvalue weighted by atomic mass is 10.1. The van der Waals surface area contributed by atoms with Crippen molar-refractivity contribution < 1.29 is 14.3 Å². The van der Waals surface area contributed by atoms with Gasteiger partial charge >= 0.3 is 5.97 Å². The van der Waals surface area contributed by atoms with Crippen LogP contribution in [0.5, 0.6) is 0 Å². The van der Waals surface area contributed by atoms with E-state index in [0.29, 0.717) is 16.3 Å². The Labute approximate surface area is 128 Å². The monoisotopic (exact) mass is 333 g/mol. The SMILES string of the molecule is O=C(O)Cc1cc(-c2cc(Cl)cc(Cl)c2Cl)ncc1F. The second-order valence-electron chi connectivity index (χ2n) is 3.98. The van der Waals surface area contributed by atoms with Crippen LogP contribution in [-0.4, -0.2) is 16.1 Å². The van der Waals surface area contributed by atoms with Gasteiger partial charge < -0.3 is 5.11 Å². The molecular formula is C13H7Cl3FNO2. The van der Waals surface area contributed by atoms with Crippen LogP contribution < -0.4 is 0 Å². The molecule has 3 nitrogen and oxygen atoms in total. The highest BCUT2D eigenvalue weighted by atomic mass is 35.5. The number of carboxylic acids is 1. The second kappa shape index (κ2) is 5.95. The fourth-order valence-corrected chi connectivity index (χ4v) is 2.37. The van der Waals surface area contributed by atoms with E-state index in [0.717, 1.165) is 6.20 Å². The molecule has 0 aliphatic rings. The van der Waals surface area contributed by atoms with E-state index in [4.69, 9.17) is 39.9 Å². The van der Waals surface area contributed by atoms with Crippen molar-refractivity contribution in [3.63, 3.8) is 0 Å². The van der Waals surface area contributed by atoms with E-state index < -0.39 is 18.2 Å². The van der Waals surface area contributed by atoms with E-state index in [9.17, 15) is 9.18 Å². The van der Waals surface area contributed by atoms with Crippen molar-refractivity contribution in [2.45, 2.75) is 6.42 Å². The van der Waals surface area contributed by atoms with Crippen LogP contribution in [0.15, 0.2) is 24.4 Å². The van der Waals surface area contributed by atoms with E-state index in [1.807, 2.05) is 0 Å². The average molecular weight is 335 g/mol. The lowest BCUT2D eigenvalue weighted by Crippen LogP contribution is -2.03. The largest absolute Gasteiger partial charge is 0.481 e. The van der Waals surface area contributed by atoms with Crippen molar-refractivity contribution in [3.8, 4) is 11.3 Å². The third-order valence-corrected chi connectivity index (χ3v) is 3.57. The Balaban J connectivity index is 2.56. The zero-order valence-corrected chi connectivity index (χ0v) is 12.1. The van der Waals surface area contributed by atoms with E-state index >= 15 is 0 Å². The van der Waals surface area contributed by atoms with Crippen molar-refractivity contribution in [2.75, 3.05) is 0 Å². The Hall–Kier alpha value is -1.36. The lowest BCUT2D eigenvalue weighted by Gasteiger charge is -2.08. The Morgan fingerprint density at radius 1 is 1.25 bits per heavy atom. The van der Waals surface area contributed by atoms with Crippen molar-refractivity contribution in [1.82, 2.24) is 4.98 Å². The van der Waals surface area contributed by atoms with Gasteiger partial charge in [0.2, 0.25) is 0 Å². The van der Waals surface area contributed by atoms with Crippen LogP contribution in [0.25, 0.3) is 11.3 Å². The minimum Gasteiger partial charge on any atom is -0.481 e. The molecule has 0 saturated carbocycles. The predicted molar refractivity (Wildman–Crippen MR) is 76.0 cm³/mol. The number of aliphatic carboxylic acids is 1. The number of benzene rings is 1. The number of rotatable bonds is 3. The van der Waals surface area contributed by atoms with Crippen LogP contribution in [0, 0.1) is 5.82 Å². The number of aromatic nitrogens is 1. The zero-order chi connectivity index (χ0) is 14.9. The number of carbonyl (C=O) groups is 1. The van der Waals surface area contributed by atoms with Gasteiger partial charge in [0.1, 0.15) is 5.82 Å². The number of carboxylic acid groups (broad SMARTS) is 1. The van der Waals surface area contributed by atoms with Gasteiger partial charge in [0.25, 0.3) is 0 Å². The molecule has 7 heteroatoms. The molecule has 0 fully saturated rings. The fraction of sp³-hybridized carbons (Fsp3) is 0.0769. The average Bonchev–Trinajstić information content (AvgIpc) is 2.36. The summed E-state index contributed by atoms with van der Waals surface area (Å²) in [7, 11) is 0. The van der Waals surface area contributed by atoms with Crippen LogP contribution in [0.1, 0.15) is 5.56 Å². The van der Waals surface area contributed by atoms with Crippen molar-refractivity contribution in [3.05, 3.63) is 50.8 Å². The molecule has 0 amide bonds. The molecule has 1 N–H and O–H groups in total. The molecule has 1 heterocycles. The summed E-state index contributed by atoms with van der Waals surface area (Å²) in [4.78, 5) is 14.6. The molecule has 0 aliphatic carbocycles. The van der Waals surface area contributed by atoms with Gasteiger partial charge in [0, 0.05) is 16.1 Å². The van der Waals surface area contributed by atoms with Crippen molar-refractivity contribution in [1.29, 1.82) is 0 Å². The molecular weight excluding hydrogens is 328 g/mol. The van der Waals surface area contributed by atoms with Crippen molar-refractivity contribution >= 4 is 40.8 Å². The number of hydrogen-bond acceptors (Lipinski definition) is 2. The molecule has 104 valence electrons. The Morgan fingerprint density at radius 2 is 1.95 bits per heavy atom. The summed E-state index contributed by atoms with van der Waals surface area (Å²) < 4.78 is 13.5. The minimum atomic E-state index is -1.14. The van der Waals surface area contributed by atoms with Crippen LogP contribution in [0.3, 0.4) is 0 Å². The summed E-state index contributed by atoms with van der Waals surface area (Å²) in [6, 6.07) is 4.31. The van der Waals surface area contributed by atoms with Gasteiger partial charge in [-0.05, 0) is 18.2 Å². The van der Waals surface area contributed by atoms with Crippen LogP contribution >= 0.6 is 34.8 Å².